The lowest BCUT2D eigenvalue weighted by Crippen LogP contribution is -2.55. The molecule has 0 amide bonds. The van der Waals surface area contributed by atoms with Crippen LogP contribution in [0.3, 0.4) is 0 Å². The number of carbonyl (C=O) groups is 3. The fraction of sp³-hybridized carbons (Fsp3) is 0.381. The van der Waals surface area contributed by atoms with Crippen LogP contribution in [0.5, 0.6) is 5.75 Å². The summed E-state index contributed by atoms with van der Waals surface area (Å²) >= 11 is 2.93. The second-order valence-corrected chi connectivity index (χ2v) is 8.57. The standard InChI is InChI=1S/C21H22O7S2/c1-12(22)25-18-11-30-21(20(27-14(3)24)19(18)26-13(2)23)28-17-6-4-5-15(9-17)16-7-8-29-10-16/h4-10,18-21H,11H2,1-3H3/t18-,19+,20-,21-/m1/s1. The van der Waals surface area contributed by atoms with Crippen LogP contribution in [0.4, 0.5) is 0 Å². The monoisotopic (exact) mass is 450 g/mol. The zero-order chi connectivity index (χ0) is 21.7. The fourth-order valence-electron chi connectivity index (χ4n) is 3.12. The summed E-state index contributed by atoms with van der Waals surface area (Å²) < 4.78 is 22.3. The Hall–Kier alpha value is -2.52. The molecule has 1 aliphatic rings. The van der Waals surface area contributed by atoms with Crippen molar-refractivity contribution in [1.82, 2.24) is 0 Å². The van der Waals surface area contributed by atoms with Gasteiger partial charge in [0.1, 0.15) is 5.75 Å². The van der Waals surface area contributed by atoms with Gasteiger partial charge in [-0.3, -0.25) is 14.4 Å². The highest BCUT2D eigenvalue weighted by molar-refractivity contribution is 7.99. The molecule has 0 aliphatic carbocycles. The number of rotatable bonds is 6. The van der Waals surface area contributed by atoms with E-state index in [0.717, 1.165) is 11.1 Å². The molecule has 0 N–H and O–H groups in total. The molecule has 1 aromatic heterocycles. The normalized spacial score (nSPS) is 23.3. The van der Waals surface area contributed by atoms with Gasteiger partial charge >= 0.3 is 17.9 Å². The quantitative estimate of drug-likeness (QED) is 0.487. The van der Waals surface area contributed by atoms with Crippen molar-refractivity contribution in [2.24, 2.45) is 0 Å². The summed E-state index contributed by atoms with van der Waals surface area (Å²) in [6.07, 6.45) is -2.67. The molecular weight excluding hydrogens is 428 g/mol. The number of ether oxygens (including phenoxy) is 4. The first-order valence-corrected chi connectivity index (χ1v) is 11.2. The number of thiophene rings is 1. The van der Waals surface area contributed by atoms with Gasteiger partial charge in [-0.2, -0.15) is 11.3 Å². The maximum absolute atomic E-state index is 11.7. The number of esters is 3. The molecule has 160 valence electrons. The van der Waals surface area contributed by atoms with E-state index in [2.05, 4.69) is 0 Å². The third-order valence-electron chi connectivity index (χ3n) is 4.25. The Bertz CT molecular complexity index is 897. The van der Waals surface area contributed by atoms with Crippen LogP contribution < -0.4 is 4.74 Å². The van der Waals surface area contributed by atoms with E-state index in [1.165, 1.54) is 32.5 Å². The first-order chi connectivity index (χ1) is 14.3. The van der Waals surface area contributed by atoms with E-state index in [0.29, 0.717) is 11.5 Å². The molecule has 7 nitrogen and oxygen atoms in total. The molecule has 1 saturated heterocycles. The van der Waals surface area contributed by atoms with Crippen LogP contribution in [0.15, 0.2) is 41.1 Å². The maximum Gasteiger partial charge on any atom is 0.303 e. The summed E-state index contributed by atoms with van der Waals surface area (Å²) in [4.78, 5) is 34.9. The molecule has 0 radical (unpaired) electrons. The van der Waals surface area contributed by atoms with Crippen molar-refractivity contribution in [3.63, 3.8) is 0 Å². The van der Waals surface area contributed by atoms with E-state index in [1.54, 1.807) is 17.4 Å². The maximum atomic E-state index is 11.7. The summed E-state index contributed by atoms with van der Waals surface area (Å²) in [7, 11) is 0. The van der Waals surface area contributed by atoms with Gasteiger partial charge in [-0.15, -0.1) is 11.8 Å². The van der Waals surface area contributed by atoms with Crippen molar-refractivity contribution in [2.75, 3.05) is 5.75 Å². The van der Waals surface area contributed by atoms with Crippen molar-refractivity contribution < 1.29 is 33.3 Å². The van der Waals surface area contributed by atoms with E-state index in [9.17, 15) is 14.4 Å². The topological polar surface area (TPSA) is 88.1 Å². The first-order valence-electron chi connectivity index (χ1n) is 9.26. The van der Waals surface area contributed by atoms with E-state index < -0.39 is 41.7 Å². The average Bonchev–Trinajstić information content (AvgIpc) is 3.20. The van der Waals surface area contributed by atoms with E-state index in [1.807, 2.05) is 35.0 Å². The van der Waals surface area contributed by atoms with E-state index in [-0.39, 0.29) is 0 Å². The summed E-state index contributed by atoms with van der Waals surface area (Å²) in [5.41, 5.74) is 1.42. The van der Waals surface area contributed by atoms with Crippen LogP contribution in [-0.2, 0) is 28.6 Å². The molecule has 3 rings (SSSR count). The lowest BCUT2D eigenvalue weighted by Gasteiger charge is -2.39. The van der Waals surface area contributed by atoms with Gasteiger partial charge in [0.05, 0.1) is 0 Å². The second kappa shape index (κ2) is 9.99. The highest BCUT2D eigenvalue weighted by Gasteiger charge is 2.47. The lowest BCUT2D eigenvalue weighted by molar-refractivity contribution is -0.186. The van der Waals surface area contributed by atoms with Crippen LogP contribution in [0.2, 0.25) is 0 Å². The molecule has 1 fully saturated rings. The minimum atomic E-state index is -0.971. The highest BCUT2D eigenvalue weighted by Crippen LogP contribution is 2.35. The summed E-state index contributed by atoms with van der Waals surface area (Å²) in [6, 6.07) is 9.57. The van der Waals surface area contributed by atoms with Crippen LogP contribution in [-0.4, -0.2) is 47.4 Å². The molecule has 0 bridgehead atoms. The average molecular weight is 451 g/mol. The summed E-state index contributed by atoms with van der Waals surface area (Å²) in [6.45, 7) is 3.78. The van der Waals surface area contributed by atoms with Crippen LogP contribution in [0.25, 0.3) is 11.1 Å². The van der Waals surface area contributed by atoms with E-state index >= 15 is 0 Å². The van der Waals surface area contributed by atoms with Crippen LogP contribution in [0.1, 0.15) is 20.8 Å². The summed E-state index contributed by atoms with van der Waals surface area (Å²) in [5, 5.41) is 4.03. The number of benzene rings is 1. The number of carbonyl (C=O) groups excluding carboxylic acids is 3. The minimum absolute atomic E-state index is 0.324. The lowest BCUT2D eigenvalue weighted by atomic mass is 10.1. The zero-order valence-corrected chi connectivity index (χ0v) is 18.4. The molecule has 30 heavy (non-hydrogen) atoms. The molecular formula is C21H22O7S2. The van der Waals surface area contributed by atoms with Crippen molar-refractivity contribution in [1.29, 1.82) is 0 Å². The van der Waals surface area contributed by atoms with Gasteiger partial charge in [-0.25, -0.2) is 0 Å². The van der Waals surface area contributed by atoms with Gasteiger partial charge in [0, 0.05) is 26.5 Å². The molecule has 2 heterocycles. The molecule has 1 aliphatic heterocycles. The SMILES string of the molecule is CC(=O)O[C@@H]1[C@@H](OC(C)=O)[C@H](OC(C)=O)CS[C@H]1Oc1cccc(-c2ccsc2)c1. The Labute approximate surface area is 182 Å². The Kier molecular flexibility index (Phi) is 7.38. The molecule has 4 atom stereocenters. The van der Waals surface area contributed by atoms with Crippen molar-refractivity contribution >= 4 is 41.0 Å². The fourth-order valence-corrected chi connectivity index (χ4v) is 5.00. The Morgan fingerprint density at radius 3 is 2.23 bits per heavy atom. The summed E-state index contributed by atoms with van der Waals surface area (Å²) in [5.74, 6) is -0.728. The predicted octanol–water partition coefficient (Wildman–Crippen LogP) is 3.66. The Balaban J connectivity index is 1.85. The predicted molar refractivity (Wildman–Crippen MR) is 113 cm³/mol. The van der Waals surface area contributed by atoms with Crippen molar-refractivity contribution in [2.45, 2.75) is 44.5 Å². The molecule has 2 aromatic rings. The van der Waals surface area contributed by atoms with Crippen LogP contribution >= 0.6 is 23.1 Å². The van der Waals surface area contributed by atoms with Crippen molar-refractivity contribution in [3.8, 4) is 16.9 Å². The van der Waals surface area contributed by atoms with Crippen LogP contribution in [0, 0.1) is 0 Å². The number of thioether (sulfide) groups is 1. The van der Waals surface area contributed by atoms with E-state index in [4.69, 9.17) is 18.9 Å². The largest absolute Gasteiger partial charge is 0.476 e. The second-order valence-electron chi connectivity index (χ2n) is 6.66. The molecule has 0 saturated carbocycles. The van der Waals surface area contributed by atoms with Gasteiger partial charge in [0.2, 0.25) is 0 Å². The Morgan fingerprint density at radius 2 is 1.60 bits per heavy atom. The first kappa shape index (κ1) is 22.2. The third-order valence-corrected chi connectivity index (χ3v) is 6.14. The number of hydrogen-bond acceptors (Lipinski definition) is 9. The van der Waals surface area contributed by atoms with Gasteiger partial charge in [0.25, 0.3) is 0 Å². The minimum Gasteiger partial charge on any atom is -0.476 e. The van der Waals surface area contributed by atoms with Gasteiger partial charge in [-0.1, -0.05) is 12.1 Å². The highest BCUT2D eigenvalue weighted by atomic mass is 32.2. The molecule has 9 heteroatoms. The third kappa shape index (κ3) is 5.76. The van der Waals surface area contributed by atoms with Crippen molar-refractivity contribution in [3.05, 3.63) is 41.1 Å². The van der Waals surface area contributed by atoms with Gasteiger partial charge in [0.15, 0.2) is 23.7 Å². The number of hydrogen-bond donors (Lipinski definition) is 0. The van der Waals surface area contributed by atoms with Gasteiger partial charge in [-0.05, 0) is 40.1 Å². The Morgan fingerprint density at radius 1 is 0.900 bits per heavy atom. The zero-order valence-electron chi connectivity index (χ0n) is 16.7. The molecule has 1 aromatic carbocycles. The smallest absolute Gasteiger partial charge is 0.303 e. The van der Waals surface area contributed by atoms with Gasteiger partial charge < -0.3 is 18.9 Å². The molecule has 0 spiro atoms. The molecule has 0 unspecified atom stereocenters.